The Morgan fingerprint density at radius 2 is 2.05 bits per heavy atom. The predicted molar refractivity (Wildman–Crippen MR) is 75.2 cm³/mol. The summed E-state index contributed by atoms with van der Waals surface area (Å²) in [7, 11) is 0. The van der Waals surface area contributed by atoms with Gasteiger partial charge in [0, 0.05) is 12.1 Å². The molecule has 5 nitrogen and oxygen atoms in total. The minimum absolute atomic E-state index is 0.0341. The van der Waals surface area contributed by atoms with Crippen LogP contribution >= 0.6 is 11.6 Å². The third-order valence-electron chi connectivity index (χ3n) is 2.95. The van der Waals surface area contributed by atoms with E-state index in [9.17, 15) is 13.6 Å². The van der Waals surface area contributed by atoms with Gasteiger partial charge in [-0.15, -0.1) is 0 Å². The van der Waals surface area contributed by atoms with Gasteiger partial charge in [0.25, 0.3) is 0 Å². The fourth-order valence-corrected chi connectivity index (χ4v) is 2.24. The van der Waals surface area contributed by atoms with Crippen LogP contribution in [0.15, 0.2) is 29.2 Å². The molecular formula is C14H5ClF2N4O. The van der Waals surface area contributed by atoms with E-state index in [1.807, 2.05) is 0 Å². The Labute approximate surface area is 126 Å². The standard InChI is InChI=1S/C14H5ClF2N4O/c15-7-5-19-12(4-18)21-14(7)10-3-11(22)13-8(17)1-6(16)2-9(13)20-10/h1-3,5H,(H,20,22). The molecule has 0 fully saturated rings. The first-order chi connectivity index (χ1) is 10.5. The lowest BCUT2D eigenvalue weighted by atomic mass is 10.1. The van der Waals surface area contributed by atoms with E-state index in [0.717, 1.165) is 12.1 Å². The van der Waals surface area contributed by atoms with Crippen LogP contribution in [0.1, 0.15) is 5.82 Å². The lowest BCUT2D eigenvalue weighted by Crippen LogP contribution is -2.07. The third-order valence-corrected chi connectivity index (χ3v) is 3.22. The van der Waals surface area contributed by atoms with Crippen molar-refractivity contribution < 1.29 is 8.78 Å². The molecule has 2 aromatic heterocycles. The van der Waals surface area contributed by atoms with Gasteiger partial charge < -0.3 is 4.98 Å². The highest BCUT2D eigenvalue weighted by atomic mass is 35.5. The van der Waals surface area contributed by atoms with Crippen molar-refractivity contribution in [1.29, 1.82) is 5.26 Å². The number of H-pyrrole nitrogens is 1. The summed E-state index contributed by atoms with van der Waals surface area (Å²) < 4.78 is 27.0. The number of nitriles is 1. The quantitative estimate of drug-likeness (QED) is 0.748. The summed E-state index contributed by atoms with van der Waals surface area (Å²) in [5.74, 6) is -1.94. The van der Waals surface area contributed by atoms with Gasteiger partial charge in [0.2, 0.25) is 5.82 Å². The SMILES string of the molecule is N#Cc1ncc(Cl)c(-c2cc(=O)c3c(F)cc(F)cc3[nH]2)n1. The van der Waals surface area contributed by atoms with Crippen molar-refractivity contribution in [3.63, 3.8) is 0 Å². The molecule has 0 bridgehead atoms. The van der Waals surface area contributed by atoms with E-state index in [-0.39, 0.29) is 33.1 Å². The molecule has 0 unspecified atom stereocenters. The summed E-state index contributed by atoms with van der Waals surface area (Å²) in [5.41, 5.74) is -0.467. The van der Waals surface area contributed by atoms with Gasteiger partial charge in [-0.05, 0) is 6.07 Å². The molecule has 1 N–H and O–H groups in total. The number of aromatic nitrogens is 3. The summed E-state index contributed by atoms with van der Waals surface area (Å²) in [6.45, 7) is 0. The van der Waals surface area contributed by atoms with Crippen LogP contribution in [0, 0.1) is 23.0 Å². The zero-order valence-electron chi connectivity index (χ0n) is 10.7. The van der Waals surface area contributed by atoms with Crippen LogP contribution < -0.4 is 5.43 Å². The van der Waals surface area contributed by atoms with E-state index in [1.165, 1.54) is 6.20 Å². The largest absolute Gasteiger partial charge is 0.353 e. The van der Waals surface area contributed by atoms with E-state index in [1.54, 1.807) is 6.07 Å². The second kappa shape index (κ2) is 5.16. The lowest BCUT2D eigenvalue weighted by molar-refractivity contribution is 0.591. The van der Waals surface area contributed by atoms with Crippen LogP contribution in [0.25, 0.3) is 22.3 Å². The number of nitrogens with one attached hydrogen (secondary N) is 1. The smallest absolute Gasteiger partial charge is 0.232 e. The van der Waals surface area contributed by atoms with Gasteiger partial charge in [-0.25, -0.2) is 18.7 Å². The van der Waals surface area contributed by atoms with E-state index < -0.39 is 17.1 Å². The van der Waals surface area contributed by atoms with Crippen LogP contribution in [0.4, 0.5) is 8.78 Å². The molecule has 0 aliphatic carbocycles. The molecule has 0 amide bonds. The molecule has 3 rings (SSSR count). The predicted octanol–water partition coefficient (Wildman–Crippen LogP) is 2.79. The third kappa shape index (κ3) is 2.29. The van der Waals surface area contributed by atoms with Crippen molar-refractivity contribution in [2.75, 3.05) is 0 Å². The minimum Gasteiger partial charge on any atom is -0.353 e. The second-order valence-electron chi connectivity index (χ2n) is 4.36. The van der Waals surface area contributed by atoms with Crippen LogP contribution in [-0.2, 0) is 0 Å². The van der Waals surface area contributed by atoms with Crippen LogP contribution in [0.5, 0.6) is 0 Å². The summed E-state index contributed by atoms with van der Waals surface area (Å²) in [5, 5.41) is 8.63. The molecule has 0 saturated heterocycles. The monoisotopic (exact) mass is 318 g/mol. The maximum atomic E-state index is 13.7. The van der Waals surface area contributed by atoms with Crippen molar-refractivity contribution in [3.8, 4) is 17.5 Å². The molecule has 3 aromatic rings. The van der Waals surface area contributed by atoms with E-state index >= 15 is 0 Å². The van der Waals surface area contributed by atoms with Gasteiger partial charge in [0.05, 0.1) is 27.8 Å². The van der Waals surface area contributed by atoms with Crippen molar-refractivity contribution in [2.24, 2.45) is 0 Å². The Bertz CT molecular complexity index is 1010. The highest BCUT2D eigenvalue weighted by Gasteiger charge is 2.14. The average molecular weight is 319 g/mol. The first-order valence-electron chi connectivity index (χ1n) is 5.94. The zero-order chi connectivity index (χ0) is 15.9. The highest BCUT2D eigenvalue weighted by Crippen LogP contribution is 2.25. The Morgan fingerprint density at radius 1 is 1.27 bits per heavy atom. The fraction of sp³-hybridized carbons (Fsp3) is 0. The van der Waals surface area contributed by atoms with Gasteiger partial charge in [-0.1, -0.05) is 11.6 Å². The van der Waals surface area contributed by atoms with E-state index in [0.29, 0.717) is 6.07 Å². The molecule has 0 aliphatic heterocycles. The number of hydrogen-bond acceptors (Lipinski definition) is 4. The summed E-state index contributed by atoms with van der Waals surface area (Å²) in [6, 6.07) is 4.44. The minimum atomic E-state index is -0.964. The molecule has 0 aliphatic rings. The van der Waals surface area contributed by atoms with Gasteiger partial charge in [0.15, 0.2) is 5.43 Å². The second-order valence-corrected chi connectivity index (χ2v) is 4.77. The summed E-state index contributed by atoms with van der Waals surface area (Å²) >= 11 is 5.95. The van der Waals surface area contributed by atoms with Crippen molar-refractivity contribution in [3.05, 3.63) is 57.1 Å². The average Bonchev–Trinajstić information content (AvgIpc) is 2.46. The number of fused-ring (bicyclic) bond motifs is 1. The maximum Gasteiger partial charge on any atom is 0.232 e. The van der Waals surface area contributed by atoms with Crippen molar-refractivity contribution in [2.45, 2.75) is 0 Å². The topological polar surface area (TPSA) is 82.4 Å². The number of nitrogens with zero attached hydrogens (tertiary/aromatic N) is 3. The van der Waals surface area contributed by atoms with Crippen LogP contribution in [0.3, 0.4) is 0 Å². The number of rotatable bonds is 1. The summed E-state index contributed by atoms with van der Waals surface area (Å²) in [4.78, 5) is 22.3. The van der Waals surface area contributed by atoms with Crippen molar-refractivity contribution in [1.82, 2.24) is 15.0 Å². The number of benzene rings is 1. The molecule has 2 heterocycles. The van der Waals surface area contributed by atoms with E-state index in [2.05, 4.69) is 15.0 Å². The highest BCUT2D eigenvalue weighted by molar-refractivity contribution is 6.32. The van der Waals surface area contributed by atoms with Crippen LogP contribution in [-0.4, -0.2) is 15.0 Å². The molecule has 0 radical (unpaired) electrons. The zero-order valence-corrected chi connectivity index (χ0v) is 11.4. The molecule has 8 heteroatoms. The molecule has 0 atom stereocenters. The van der Waals surface area contributed by atoms with Gasteiger partial charge in [0.1, 0.15) is 23.4 Å². The summed E-state index contributed by atoms with van der Waals surface area (Å²) in [6.07, 6.45) is 1.21. The Balaban J connectivity index is 2.34. The Hall–Kier alpha value is -2.85. The Kier molecular flexibility index (Phi) is 3.31. The fourth-order valence-electron chi connectivity index (χ4n) is 2.04. The molecule has 108 valence electrons. The van der Waals surface area contributed by atoms with E-state index in [4.69, 9.17) is 16.9 Å². The van der Waals surface area contributed by atoms with Gasteiger partial charge in [-0.3, -0.25) is 4.79 Å². The maximum absolute atomic E-state index is 13.7. The number of halogens is 3. The molecular weight excluding hydrogens is 314 g/mol. The lowest BCUT2D eigenvalue weighted by Gasteiger charge is -2.06. The first-order valence-corrected chi connectivity index (χ1v) is 6.32. The molecule has 1 aromatic carbocycles. The van der Waals surface area contributed by atoms with Gasteiger partial charge >= 0.3 is 0 Å². The molecule has 0 saturated carbocycles. The van der Waals surface area contributed by atoms with Gasteiger partial charge in [-0.2, -0.15) is 5.26 Å². The molecule has 22 heavy (non-hydrogen) atoms. The van der Waals surface area contributed by atoms with Crippen LogP contribution in [0.2, 0.25) is 5.02 Å². The normalized spacial score (nSPS) is 10.6. The molecule has 0 spiro atoms. The Morgan fingerprint density at radius 3 is 2.77 bits per heavy atom. The number of pyridine rings is 1. The van der Waals surface area contributed by atoms with Crippen molar-refractivity contribution >= 4 is 22.5 Å². The number of aromatic amines is 1. The first kappa shape index (κ1) is 14.1. The number of hydrogen-bond donors (Lipinski definition) is 1.